The minimum absolute atomic E-state index is 0.338. The van der Waals surface area contributed by atoms with Gasteiger partial charge in [0.2, 0.25) is 0 Å². The molecule has 0 atom stereocenters. The van der Waals surface area contributed by atoms with Crippen LogP contribution in [0.4, 0.5) is 13.2 Å². The normalized spacial score (nSPS) is 11.1. The lowest BCUT2D eigenvalue weighted by atomic mass is 10.1. The summed E-state index contributed by atoms with van der Waals surface area (Å²) in [5.41, 5.74) is -1.21. The molecule has 0 aliphatic rings. The monoisotopic (exact) mass is 217 g/mol. The lowest BCUT2D eigenvalue weighted by Crippen LogP contribution is -2.07. The number of rotatable bonds is 1. The number of hydrogen-bond donors (Lipinski definition) is 0. The molecule has 0 aliphatic carbocycles. The molecule has 0 fully saturated rings. The van der Waals surface area contributed by atoms with E-state index in [0.29, 0.717) is 4.90 Å². The number of nitriles is 1. The zero-order chi connectivity index (χ0) is 10.8. The fourth-order valence-corrected chi connectivity index (χ4v) is 1.42. The number of hydrogen-bond acceptors (Lipinski definition) is 2. The maximum Gasteiger partial charge on any atom is 0.417 e. The summed E-state index contributed by atoms with van der Waals surface area (Å²) in [5.74, 6) is 0. The maximum absolute atomic E-state index is 12.4. The quantitative estimate of drug-likeness (QED) is 0.674. The van der Waals surface area contributed by atoms with Gasteiger partial charge in [-0.25, -0.2) is 0 Å². The summed E-state index contributed by atoms with van der Waals surface area (Å²) >= 11 is 1.21. The van der Waals surface area contributed by atoms with Gasteiger partial charge in [0, 0.05) is 4.90 Å². The first kappa shape index (κ1) is 10.9. The zero-order valence-electron chi connectivity index (χ0n) is 7.22. The van der Waals surface area contributed by atoms with Crippen molar-refractivity contribution in [1.82, 2.24) is 0 Å². The summed E-state index contributed by atoms with van der Waals surface area (Å²) in [7, 11) is 0. The fourth-order valence-electron chi connectivity index (χ4n) is 0.982. The molecule has 1 aromatic carbocycles. The highest BCUT2D eigenvalue weighted by Gasteiger charge is 2.33. The highest BCUT2D eigenvalue weighted by Crippen LogP contribution is 2.33. The van der Waals surface area contributed by atoms with Gasteiger partial charge < -0.3 is 0 Å². The van der Waals surface area contributed by atoms with E-state index in [-0.39, 0.29) is 5.56 Å². The average molecular weight is 217 g/mol. The summed E-state index contributed by atoms with van der Waals surface area (Å²) < 4.78 is 37.2. The summed E-state index contributed by atoms with van der Waals surface area (Å²) in [6.07, 6.45) is -2.78. The minimum atomic E-state index is -4.46. The van der Waals surface area contributed by atoms with Gasteiger partial charge in [-0.05, 0) is 24.5 Å². The van der Waals surface area contributed by atoms with Crippen molar-refractivity contribution < 1.29 is 13.2 Å². The maximum atomic E-state index is 12.4. The van der Waals surface area contributed by atoms with E-state index < -0.39 is 11.7 Å². The lowest BCUT2D eigenvalue weighted by molar-refractivity contribution is -0.137. The van der Waals surface area contributed by atoms with E-state index in [4.69, 9.17) is 5.26 Å². The highest BCUT2D eigenvalue weighted by atomic mass is 32.2. The molecule has 0 saturated heterocycles. The number of alkyl halides is 3. The van der Waals surface area contributed by atoms with E-state index in [2.05, 4.69) is 0 Å². The molecule has 14 heavy (non-hydrogen) atoms. The van der Waals surface area contributed by atoms with Gasteiger partial charge in [-0.2, -0.15) is 18.4 Å². The van der Waals surface area contributed by atoms with E-state index in [0.717, 1.165) is 6.07 Å². The van der Waals surface area contributed by atoms with Crippen LogP contribution in [-0.4, -0.2) is 6.26 Å². The summed E-state index contributed by atoms with van der Waals surface area (Å²) in [4.78, 5) is 0.497. The van der Waals surface area contributed by atoms with Gasteiger partial charge in [0.25, 0.3) is 0 Å². The predicted molar refractivity (Wildman–Crippen MR) is 47.9 cm³/mol. The molecular weight excluding hydrogens is 211 g/mol. The van der Waals surface area contributed by atoms with Crippen molar-refractivity contribution in [3.8, 4) is 6.07 Å². The van der Waals surface area contributed by atoms with Crippen molar-refractivity contribution >= 4 is 11.8 Å². The molecule has 0 amide bonds. The number of halogens is 3. The van der Waals surface area contributed by atoms with Gasteiger partial charge in [0.15, 0.2) is 0 Å². The van der Waals surface area contributed by atoms with Crippen LogP contribution in [0.15, 0.2) is 23.1 Å². The molecule has 0 spiro atoms. The molecule has 0 heterocycles. The largest absolute Gasteiger partial charge is 0.417 e. The van der Waals surface area contributed by atoms with Crippen LogP contribution in [0, 0.1) is 11.3 Å². The van der Waals surface area contributed by atoms with Crippen LogP contribution < -0.4 is 0 Å². The Kier molecular flexibility index (Phi) is 3.06. The first-order valence-corrected chi connectivity index (χ1v) is 4.87. The molecule has 1 aromatic rings. The fraction of sp³-hybridized carbons (Fsp3) is 0.222. The Balaban J connectivity index is 3.31. The van der Waals surface area contributed by atoms with Crippen molar-refractivity contribution in [3.63, 3.8) is 0 Å². The number of nitrogens with zero attached hydrogens (tertiary/aromatic N) is 1. The Hall–Kier alpha value is -1.15. The van der Waals surface area contributed by atoms with Gasteiger partial charge in [-0.1, -0.05) is 0 Å². The van der Waals surface area contributed by atoms with Crippen LogP contribution in [0.2, 0.25) is 0 Å². The minimum Gasteiger partial charge on any atom is -0.192 e. The van der Waals surface area contributed by atoms with Gasteiger partial charge >= 0.3 is 6.18 Å². The SMILES string of the molecule is CSc1ccc(C#N)c(C(F)(F)F)c1. The van der Waals surface area contributed by atoms with Gasteiger partial charge in [-0.3, -0.25) is 0 Å². The molecule has 1 rings (SSSR count). The summed E-state index contributed by atoms with van der Waals surface area (Å²) in [6.45, 7) is 0. The van der Waals surface area contributed by atoms with E-state index in [1.54, 1.807) is 6.26 Å². The second-order valence-corrected chi connectivity index (χ2v) is 3.40. The molecule has 0 saturated carbocycles. The topological polar surface area (TPSA) is 23.8 Å². The number of benzene rings is 1. The van der Waals surface area contributed by atoms with Crippen LogP contribution in [-0.2, 0) is 6.18 Å². The van der Waals surface area contributed by atoms with Crippen LogP contribution >= 0.6 is 11.8 Å². The van der Waals surface area contributed by atoms with Crippen molar-refractivity contribution in [2.75, 3.05) is 6.26 Å². The zero-order valence-corrected chi connectivity index (χ0v) is 8.04. The van der Waals surface area contributed by atoms with Gasteiger partial charge in [0.1, 0.15) is 0 Å². The van der Waals surface area contributed by atoms with Crippen LogP contribution in [0.5, 0.6) is 0 Å². The molecule has 74 valence electrons. The van der Waals surface area contributed by atoms with Crippen molar-refractivity contribution in [1.29, 1.82) is 5.26 Å². The average Bonchev–Trinajstić information content (AvgIpc) is 2.15. The van der Waals surface area contributed by atoms with Gasteiger partial charge in [0.05, 0.1) is 17.2 Å². The Morgan fingerprint density at radius 3 is 2.43 bits per heavy atom. The molecule has 0 N–H and O–H groups in total. The van der Waals surface area contributed by atoms with Crippen LogP contribution in [0.3, 0.4) is 0 Å². The highest BCUT2D eigenvalue weighted by molar-refractivity contribution is 7.98. The van der Waals surface area contributed by atoms with E-state index in [1.165, 1.54) is 30.0 Å². The standard InChI is InChI=1S/C9H6F3NS/c1-14-7-3-2-6(5-13)8(4-7)9(10,11)12/h2-4H,1H3. The lowest BCUT2D eigenvalue weighted by Gasteiger charge is -2.09. The third-order valence-corrected chi connectivity index (χ3v) is 2.38. The Bertz CT molecular complexity index is 379. The first-order chi connectivity index (χ1) is 6.49. The molecule has 0 unspecified atom stereocenters. The molecule has 0 radical (unpaired) electrons. The van der Waals surface area contributed by atoms with Crippen LogP contribution in [0.25, 0.3) is 0 Å². The summed E-state index contributed by atoms with van der Waals surface area (Å²) in [6, 6.07) is 5.20. The Morgan fingerprint density at radius 1 is 1.36 bits per heavy atom. The third-order valence-electron chi connectivity index (χ3n) is 1.65. The number of thioether (sulfide) groups is 1. The Morgan fingerprint density at radius 2 is 2.00 bits per heavy atom. The smallest absolute Gasteiger partial charge is 0.192 e. The molecule has 0 aromatic heterocycles. The van der Waals surface area contributed by atoms with Crippen LogP contribution in [0.1, 0.15) is 11.1 Å². The first-order valence-electron chi connectivity index (χ1n) is 3.64. The van der Waals surface area contributed by atoms with Crippen molar-refractivity contribution in [3.05, 3.63) is 29.3 Å². The second kappa shape index (κ2) is 3.93. The molecular formula is C9H6F3NS. The van der Waals surface area contributed by atoms with Crippen molar-refractivity contribution in [2.45, 2.75) is 11.1 Å². The van der Waals surface area contributed by atoms with Crippen molar-refractivity contribution in [2.24, 2.45) is 0 Å². The second-order valence-electron chi connectivity index (χ2n) is 2.52. The predicted octanol–water partition coefficient (Wildman–Crippen LogP) is 3.30. The third kappa shape index (κ3) is 2.20. The van der Waals surface area contributed by atoms with E-state index >= 15 is 0 Å². The van der Waals surface area contributed by atoms with E-state index in [9.17, 15) is 13.2 Å². The molecule has 0 aliphatic heterocycles. The van der Waals surface area contributed by atoms with E-state index in [1.807, 2.05) is 0 Å². The van der Waals surface area contributed by atoms with Gasteiger partial charge in [-0.15, -0.1) is 11.8 Å². The Labute approximate surface area is 83.5 Å². The summed E-state index contributed by atoms with van der Waals surface area (Å²) in [5, 5.41) is 8.49. The molecule has 5 heteroatoms. The molecule has 1 nitrogen and oxygen atoms in total. The molecule has 0 bridgehead atoms.